The van der Waals surface area contributed by atoms with E-state index in [2.05, 4.69) is 64.3 Å². The van der Waals surface area contributed by atoms with Gasteiger partial charge in [0.05, 0.1) is 34.4 Å². The van der Waals surface area contributed by atoms with E-state index in [9.17, 15) is 29.4 Å². The van der Waals surface area contributed by atoms with E-state index in [0.29, 0.717) is 40.5 Å². The van der Waals surface area contributed by atoms with Gasteiger partial charge >= 0.3 is 0 Å². The van der Waals surface area contributed by atoms with Gasteiger partial charge in [-0.15, -0.1) is 17.9 Å². The molecule has 2 aromatic carbocycles. The molecule has 10 rings (SSSR count). The number of aromatic nitrogens is 6. The van der Waals surface area contributed by atoms with Crippen molar-refractivity contribution in [3.8, 4) is 16.3 Å². The molecule has 3 atom stereocenters. The smallest absolute Gasteiger partial charge is 0.278 e. The Balaban J connectivity index is 0.656. The average molecular weight is 1120 g/mol. The number of carbonyl (C=O) groups is 3. The molecule has 4 aromatic heterocycles. The van der Waals surface area contributed by atoms with Crippen molar-refractivity contribution >= 4 is 57.4 Å². The van der Waals surface area contributed by atoms with Gasteiger partial charge in [-0.3, -0.25) is 24.1 Å². The van der Waals surface area contributed by atoms with Crippen LogP contribution in [0, 0.1) is 24.2 Å². The van der Waals surface area contributed by atoms with E-state index < -0.39 is 29.2 Å². The molecule has 19 nitrogen and oxygen atoms in total. The molecular formula is C61H79N13O6S. The SMILES string of the molecule is C=CCn1c(=O)c2cnc(Nc3ccc(N4CCN(C5CCC(CN6CCC(C(=O)N[C@H](C(=O)N7C[C@H](O)C[C@H]7C(=O)NCc7ccc(-c8scnc8C)cc7)C(C)(C)C)CC6)CC5)CC4)cc3)nc2n1-c1cccc(C(C)(C)O)n1. The summed E-state index contributed by atoms with van der Waals surface area (Å²) >= 11 is 1.59. The molecule has 0 radical (unpaired) electrons. The summed E-state index contributed by atoms with van der Waals surface area (Å²) in [7, 11) is 0. The fourth-order valence-electron chi connectivity index (χ4n) is 12.2. The van der Waals surface area contributed by atoms with E-state index in [1.54, 1.807) is 54.1 Å². The van der Waals surface area contributed by atoms with Crippen LogP contribution in [0.25, 0.3) is 27.3 Å². The number of aryl methyl sites for hydroxylation is 1. The van der Waals surface area contributed by atoms with Crippen molar-refractivity contribution in [2.24, 2.45) is 17.3 Å². The number of pyridine rings is 1. The largest absolute Gasteiger partial charge is 0.391 e. The first-order chi connectivity index (χ1) is 38.8. The molecule has 3 amide bonds. The minimum Gasteiger partial charge on any atom is -0.391 e. The summed E-state index contributed by atoms with van der Waals surface area (Å²) in [5, 5.41) is 31.2. The number of allylic oxidation sites excluding steroid dienone is 1. The monoisotopic (exact) mass is 1120 g/mol. The van der Waals surface area contributed by atoms with Gasteiger partial charge in [0.2, 0.25) is 23.7 Å². The number of hydrogen-bond donors (Lipinski definition) is 5. The van der Waals surface area contributed by atoms with Gasteiger partial charge in [-0.2, -0.15) is 4.98 Å². The zero-order valence-corrected chi connectivity index (χ0v) is 48.5. The van der Waals surface area contributed by atoms with Crippen LogP contribution >= 0.6 is 11.3 Å². The molecule has 5 N–H and O–H groups in total. The van der Waals surface area contributed by atoms with E-state index in [4.69, 9.17) is 4.98 Å². The summed E-state index contributed by atoms with van der Waals surface area (Å²) in [6.45, 7) is 22.2. The first kappa shape index (κ1) is 57.4. The summed E-state index contributed by atoms with van der Waals surface area (Å²) in [4.78, 5) is 84.0. The highest BCUT2D eigenvalue weighted by Crippen LogP contribution is 2.33. The van der Waals surface area contributed by atoms with Gasteiger partial charge in [-0.05, 0) is 131 Å². The van der Waals surface area contributed by atoms with Gasteiger partial charge in [0, 0.05) is 81.8 Å². The third-order valence-electron chi connectivity index (χ3n) is 16.9. The Labute approximate surface area is 478 Å². The molecule has 0 unspecified atom stereocenters. The quantitative estimate of drug-likeness (QED) is 0.0596. The number of piperidine rings is 1. The van der Waals surface area contributed by atoms with Crippen molar-refractivity contribution in [1.29, 1.82) is 0 Å². The molecule has 3 aliphatic heterocycles. The van der Waals surface area contributed by atoms with Gasteiger partial charge in [0.1, 0.15) is 23.1 Å². The lowest BCUT2D eigenvalue weighted by molar-refractivity contribution is -0.144. The number of piperazine rings is 1. The lowest BCUT2D eigenvalue weighted by atomic mass is 9.83. The van der Waals surface area contributed by atoms with Crippen LogP contribution in [0.1, 0.15) is 96.5 Å². The number of nitrogens with zero attached hydrogens (tertiary/aromatic N) is 10. The number of nitrogens with one attached hydrogen (secondary N) is 3. The Hall–Kier alpha value is -6.84. The van der Waals surface area contributed by atoms with Crippen molar-refractivity contribution in [3.63, 3.8) is 0 Å². The van der Waals surface area contributed by atoms with Crippen LogP contribution < -0.4 is 26.4 Å². The van der Waals surface area contributed by atoms with Crippen molar-refractivity contribution in [2.45, 2.75) is 129 Å². The van der Waals surface area contributed by atoms with Crippen LogP contribution in [0.3, 0.4) is 0 Å². The Morgan fingerprint density at radius 2 is 1.58 bits per heavy atom. The van der Waals surface area contributed by atoms with Crippen LogP contribution in [-0.2, 0) is 33.1 Å². The molecule has 0 bridgehead atoms. The first-order valence-corrected chi connectivity index (χ1v) is 29.6. The van der Waals surface area contributed by atoms with Crippen LogP contribution in [0.15, 0.2) is 95.9 Å². The summed E-state index contributed by atoms with van der Waals surface area (Å²) in [6, 6.07) is 20.5. The number of anilines is 3. The van der Waals surface area contributed by atoms with Crippen LogP contribution in [-0.4, -0.2) is 149 Å². The second kappa shape index (κ2) is 24.3. The number of likely N-dealkylation sites (tertiary alicyclic amines) is 2. The predicted octanol–water partition coefficient (Wildman–Crippen LogP) is 6.77. The van der Waals surface area contributed by atoms with Crippen molar-refractivity contribution in [1.82, 2.24) is 54.6 Å². The number of thiazole rings is 1. The zero-order valence-electron chi connectivity index (χ0n) is 47.7. The Morgan fingerprint density at radius 1 is 0.864 bits per heavy atom. The molecule has 4 aliphatic rings. The minimum absolute atomic E-state index is 0.0381. The van der Waals surface area contributed by atoms with E-state index in [0.717, 1.165) is 91.7 Å². The topological polar surface area (TPSA) is 219 Å². The molecule has 430 valence electrons. The number of amides is 3. The first-order valence-electron chi connectivity index (χ1n) is 28.8. The summed E-state index contributed by atoms with van der Waals surface area (Å²) in [6.07, 6.45) is 8.72. The number of aliphatic hydroxyl groups excluding tert-OH is 1. The van der Waals surface area contributed by atoms with Crippen LogP contribution in [0.4, 0.5) is 17.3 Å². The highest BCUT2D eigenvalue weighted by Gasteiger charge is 2.45. The van der Waals surface area contributed by atoms with Crippen LogP contribution in [0.5, 0.6) is 0 Å². The number of hydrogen-bond acceptors (Lipinski definition) is 15. The Bertz CT molecular complexity index is 3250. The van der Waals surface area contributed by atoms with Crippen LogP contribution in [0.2, 0.25) is 0 Å². The predicted molar refractivity (Wildman–Crippen MR) is 316 cm³/mol. The number of β-amino-alcohol motifs (C(OH)–C–C–N with tert-alkyl or cyclic N) is 1. The lowest BCUT2D eigenvalue weighted by Gasteiger charge is -2.43. The maximum atomic E-state index is 14.3. The molecule has 3 saturated heterocycles. The summed E-state index contributed by atoms with van der Waals surface area (Å²) in [5.41, 5.74) is 5.57. The number of carbonyl (C=O) groups excluding carboxylic acids is 3. The molecule has 1 saturated carbocycles. The van der Waals surface area contributed by atoms with Crippen molar-refractivity contribution in [3.05, 3.63) is 118 Å². The maximum Gasteiger partial charge on any atom is 0.278 e. The number of fused-ring (bicyclic) bond motifs is 1. The highest BCUT2D eigenvalue weighted by atomic mass is 32.1. The third kappa shape index (κ3) is 13.1. The molecule has 4 fully saturated rings. The standard InChI is InChI=1S/C61H79N13O6S/c1-8-26-73-57(78)48-35-63-59(68-54(48)74(73)51-11-9-10-50(66-51)61(6,7)80)65-44-18-22-46(23-19-44)71-31-29-70(30-32-71)45-20-14-41(15-21-45)36-69-27-24-43(25-28-69)55(76)67-53(60(3,4)5)58(79)72-37-47(75)33-49(72)56(77)62-34-40-12-16-42(17-13-40)52-39(2)64-38-81-52/h8-13,16-19,22-23,35,38,41,43,45,47,49,53,75,80H,1,14-15,20-21,24-34,36-37H2,2-7H3,(H,62,77)(H,67,76)(H,63,65,68)/t41?,45?,47-,49+,53-/m1/s1. The molecule has 0 spiro atoms. The third-order valence-corrected chi connectivity index (χ3v) is 17.8. The Kier molecular flexibility index (Phi) is 17.2. The number of benzene rings is 2. The minimum atomic E-state index is -1.18. The second-order valence-electron chi connectivity index (χ2n) is 24.2. The fourth-order valence-corrected chi connectivity index (χ4v) is 13.0. The number of rotatable bonds is 17. The molecule has 81 heavy (non-hydrogen) atoms. The second-order valence-corrected chi connectivity index (χ2v) is 25.0. The molecule has 1 aliphatic carbocycles. The van der Waals surface area contributed by atoms with Crippen molar-refractivity contribution in [2.75, 3.05) is 62.6 Å². The maximum absolute atomic E-state index is 14.3. The molecule has 7 heterocycles. The average Bonchev–Trinajstić information content (AvgIpc) is 4.38. The van der Waals surface area contributed by atoms with Crippen molar-refractivity contribution < 1.29 is 24.6 Å². The van der Waals surface area contributed by atoms with Gasteiger partial charge < -0.3 is 40.9 Å². The lowest BCUT2D eigenvalue weighted by Crippen LogP contribution is -2.58. The highest BCUT2D eigenvalue weighted by molar-refractivity contribution is 7.13. The molecule has 20 heteroatoms. The van der Waals surface area contributed by atoms with E-state index in [-0.39, 0.29) is 55.3 Å². The summed E-state index contributed by atoms with van der Waals surface area (Å²) < 4.78 is 3.17. The Morgan fingerprint density at radius 3 is 2.23 bits per heavy atom. The van der Waals surface area contributed by atoms with Gasteiger partial charge in [0.25, 0.3) is 5.56 Å². The van der Waals surface area contributed by atoms with Gasteiger partial charge in [0.15, 0.2) is 11.5 Å². The van der Waals surface area contributed by atoms with E-state index >= 15 is 0 Å². The zero-order chi connectivity index (χ0) is 57.2. The molecular weight excluding hydrogens is 1040 g/mol. The fraction of sp³-hybridized carbons (Fsp3) is 0.508. The number of aliphatic hydroxyl groups is 2. The van der Waals surface area contributed by atoms with Gasteiger partial charge in [-0.1, -0.05) is 57.2 Å². The summed E-state index contributed by atoms with van der Waals surface area (Å²) in [5.74, 6) is 0.435. The van der Waals surface area contributed by atoms with Gasteiger partial charge in [-0.25, -0.2) is 24.3 Å². The van der Waals surface area contributed by atoms with E-state index in [1.807, 2.05) is 69.6 Å². The van der Waals surface area contributed by atoms with E-state index in [1.165, 1.54) is 41.5 Å². The normalized spacial score (nSPS) is 21.0. The molecule has 6 aromatic rings.